The predicted molar refractivity (Wildman–Crippen MR) is 63.7 cm³/mol. The van der Waals surface area contributed by atoms with Crippen molar-refractivity contribution in [3.63, 3.8) is 0 Å². The molecule has 0 bridgehead atoms. The first-order valence-corrected chi connectivity index (χ1v) is 6.72. The molecule has 1 aliphatic rings. The molecule has 0 N–H and O–H groups in total. The van der Waals surface area contributed by atoms with Gasteiger partial charge in [-0.3, -0.25) is 0 Å². The molecule has 3 nitrogen and oxygen atoms in total. The number of thioether (sulfide) groups is 1. The molecule has 1 fully saturated rings. The molecule has 1 aromatic heterocycles. The highest BCUT2D eigenvalue weighted by Gasteiger charge is 2.33. The lowest BCUT2D eigenvalue weighted by molar-refractivity contribution is -0.141. The van der Waals surface area contributed by atoms with Gasteiger partial charge in [-0.05, 0) is 25.0 Å². The van der Waals surface area contributed by atoms with Gasteiger partial charge in [0.05, 0.1) is 11.7 Å². The number of hydrogen-bond donors (Lipinski definition) is 0. The third kappa shape index (κ3) is 3.61. The molecule has 2 rings (SSSR count). The first-order chi connectivity index (χ1) is 9.00. The van der Waals surface area contributed by atoms with Gasteiger partial charge in [0, 0.05) is 12.4 Å². The molecule has 0 saturated carbocycles. The minimum absolute atomic E-state index is 0.0351. The Labute approximate surface area is 112 Å². The van der Waals surface area contributed by atoms with Crippen molar-refractivity contribution in [2.45, 2.75) is 30.1 Å². The Balaban J connectivity index is 2.14. The normalized spacial score (nSPS) is 19.4. The van der Waals surface area contributed by atoms with Gasteiger partial charge in [-0.25, -0.2) is 4.98 Å². The quantitative estimate of drug-likeness (QED) is 0.801. The van der Waals surface area contributed by atoms with Crippen LogP contribution in [0.5, 0.6) is 0 Å². The van der Waals surface area contributed by atoms with Gasteiger partial charge < -0.3 is 4.74 Å². The van der Waals surface area contributed by atoms with Crippen LogP contribution in [0.1, 0.15) is 24.1 Å². The zero-order chi connectivity index (χ0) is 13.9. The van der Waals surface area contributed by atoms with Crippen LogP contribution in [-0.4, -0.2) is 23.4 Å². The molecule has 102 valence electrons. The van der Waals surface area contributed by atoms with Gasteiger partial charge in [0.25, 0.3) is 0 Å². The van der Waals surface area contributed by atoms with Crippen LogP contribution in [-0.2, 0) is 10.9 Å². The zero-order valence-electron chi connectivity index (χ0n) is 9.91. The SMILES string of the molecule is N#Cc1ccc(C(F)(F)F)nc1SCC1CCCO1. The first-order valence-electron chi connectivity index (χ1n) is 5.73. The van der Waals surface area contributed by atoms with Crippen molar-refractivity contribution in [1.29, 1.82) is 5.26 Å². The van der Waals surface area contributed by atoms with Gasteiger partial charge in [-0.2, -0.15) is 18.4 Å². The molecule has 0 radical (unpaired) electrons. The fourth-order valence-corrected chi connectivity index (χ4v) is 2.78. The van der Waals surface area contributed by atoms with Crippen LogP contribution >= 0.6 is 11.8 Å². The van der Waals surface area contributed by atoms with Gasteiger partial charge in [-0.1, -0.05) is 0 Å². The van der Waals surface area contributed by atoms with E-state index in [-0.39, 0.29) is 16.7 Å². The van der Waals surface area contributed by atoms with Crippen molar-refractivity contribution < 1.29 is 17.9 Å². The van der Waals surface area contributed by atoms with E-state index in [4.69, 9.17) is 10.00 Å². The molecule has 0 aromatic carbocycles. The Morgan fingerprint density at radius 3 is 2.84 bits per heavy atom. The smallest absolute Gasteiger partial charge is 0.377 e. The summed E-state index contributed by atoms with van der Waals surface area (Å²) in [6, 6.07) is 3.85. The molecule has 19 heavy (non-hydrogen) atoms. The second-order valence-electron chi connectivity index (χ2n) is 4.10. The van der Waals surface area contributed by atoms with Crippen LogP contribution in [0, 0.1) is 11.3 Å². The maximum Gasteiger partial charge on any atom is 0.433 e. The van der Waals surface area contributed by atoms with Crippen molar-refractivity contribution in [1.82, 2.24) is 4.98 Å². The highest BCUT2D eigenvalue weighted by atomic mass is 32.2. The lowest BCUT2D eigenvalue weighted by atomic mass is 10.2. The largest absolute Gasteiger partial charge is 0.433 e. The van der Waals surface area contributed by atoms with Crippen LogP contribution in [0.3, 0.4) is 0 Å². The molecule has 1 unspecified atom stereocenters. The second kappa shape index (κ2) is 5.80. The van der Waals surface area contributed by atoms with E-state index in [2.05, 4.69) is 4.98 Å². The summed E-state index contributed by atoms with van der Waals surface area (Å²) in [6.07, 6.45) is -2.60. The summed E-state index contributed by atoms with van der Waals surface area (Å²) in [6.45, 7) is 0.687. The number of nitriles is 1. The average Bonchev–Trinajstić information content (AvgIpc) is 2.88. The van der Waals surface area contributed by atoms with Crippen LogP contribution in [0.2, 0.25) is 0 Å². The van der Waals surface area contributed by atoms with E-state index < -0.39 is 11.9 Å². The third-order valence-electron chi connectivity index (χ3n) is 2.70. The van der Waals surface area contributed by atoms with Crippen molar-refractivity contribution in [2.24, 2.45) is 0 Å². The van der Waals surface area contributed by atoms with Crippen molar-refractivity contribution in [2.75, 3.05) is 12.4 Å². The van der Waals surface area contributed by atoms with Gasteiger partial charge in [0.2, 0.25) is 0 Å². The maximum absolute atomic E-state index is 12.6. The lowest BCUT2D eigenvalue weighted by Gasteiger charge is -2.11. The molecule has 1 saturated heterocycles. The zero-order valence-corrected chi connectivity index (χ0v) is 10.7. The average molecular weight is 288 g/mol. The Morgan fingerprint density at radius 2 is 2.26 bits per heavy atom. The van der Waals surface area contributed by atoms with E-state index in [1.807, 2.05) is 6.07 Å². The van der Waals surface area contributed by atoms with E-state index in [0.29, 0.717) is 12.4 Å². The summed E-state index contributed by atoms with van der Waals surface area (Å²) in [5.74, 6) is 0.517. The molecule has 0 spiro atoms. The molecular weight excluding hydrogens is 277 g/mol. The Morgan fingerprint density at radius 1 is 1.47 bits per heavy atom. The van der Waals surface area contributed by atoms with Gasteiger partial charge in [-0.15, -0.1) is 11.8 Å². The van der Waals surface area contributed by atoms with E-state index in [0.717, 1.165) is 36.7 Å². The number of halogens is 3. The van der Waals surface area contributed by atoms with Crippen LogP contribution in [0.4, 0.5) is 13.2 Å². The summed E-state index contributed by atoms with van der Waals surface area (Å²) in [7, 11) is 0. The lowest BCUT2D eigenvalue weighted by Crippen LogP contribution is -2.11. The Hall–Kier alpha value is -1.26. The number of nitrogens with zero attached hydrogens (tertiary/aromatic N) is 2. The second-order valence-corrected chi connectivity index (χ2v) is 5.11. The van der Waals surface area contributed by atoms with Crippen LogP contribution in [0.15, 0.2) is 17.2 Å². The first kappa shape index (κ1) is 14.2. The van der Waals surface area contributed by atoms with E-state index in [1.165, 1.54) is 0 Å². The van der Waals surface area contributed by atoms with Crippen molar-refractivity contribution in [3.8, 4) is 6.07 Å². The molecule has 0 aliphatic carbocycles. The van der Waals surface area contributed by atoms with E-state index >= 15 is 0 Å². The van der Waals surface area contributed by atoms with Gasteiger partial charge in [0.1, 0.15) is 16.8 Å². The van der Waals surface area contributed by atoms with E-state index in [9.17, 15) is 13.2 Å². The highest BCUT2D eigenvalue weighted by Crippen LogP contribution is 2.31. The number of ether oxygens (including phenoxy) is 1. The minimum atomic E-state index is -4.49. The maximum atomic E-state index is 12.6. The monoisotopic (exact) mass is 288 g/mol. The number of pyridine rings is 1. The fourth-order valence-electron chi connectivity index (χ4n) is 1.74. The van der Waals surface area contributed by atoms with Crippen molar-refractivity contribution in [3.05, 3.63) is 23.4 Å². The molecule has 1 aromatic rings. The summed E-state index contributed by atoms with van der Waals surface area (Å²) in [5.41, 5.74) is -0.808. The van der Waals surface area contributed by atoms with Crippen LogP contribution in [0.25, 0.3) is 0 Å². The predicted octanol–water partition coefficient (Wildman–Crippen LogP) is 3.24. The number of rotatable bonds is 3. The summed E-state index contributed by atoms with van der Waals surface area (Å²) < 4.78 is 43.1. The molecule has 0 amide bonds. The molecule has 7 heteroatoms. The highest BCUT2D eigenvalue weighted by molar-refractivity contribution is 7.99. The fraction of sp³-hybridized carbons (Fsp3) is 0.500. The van der Waals surface area contributed by atoms with Gasteiger partial charge >= 0.3 is 6.18 Å². The minimum Gasteiger partial charge on any atom is -0.377 e. The summed E-state index contributed by atoms with van der Waals surface area (Å²) in [4.78, 5) is 3.54. The number of alkyl halides is 3. The number of aromatic nitrogens is 1. The Kier molecular flexibility index (Phi) is 4.32. The van der Waals surface area contributed by atoms with Crippen LogP contribution < -0.4 is 0 Å². The molecule has 1 aliphatic heterocycles. The molecule has 1 atom stereocenters. The number of hydrogen-bond acceptors (Lipinski definition) is 4. The summed E-state index contributed by atoms with van der Waals surface area (Å²) >= 11 is 1.14. The van der Waals surface area contributed by atoms with Gasteiger partial charge in [0.15, 0.2) is 0 Å². The standard InChI is InChI=1S/C12H11F3N2OS/c13-12(14,15)10-4-3-8(6-16)11(17-10)19-7-9-2-1-5-18-9/h3-4,9H,1-2,5,7H2. The molecule has 2 heterocycles. The van der Waals surface area contributed by atoms with E-state index in [1.54, 1.807) is 0 Å². The third-order valence-corrected chi connectivity index (χ3v) is 3.82. The molecular formula is C12H11F3N2OS. The summed E-state index contributed by atoms with van der Waals surface area (Å²) in [5, 5.41) is 9.01. The van der Waals surface area contributed by atoms with Crippen molar-refractivity contribution >= 4 is 11.8 Å². The topological polar surface area (TPSA) is 45.9 Å². The Bertz CT molecular complexity index is 493.